The topological polar surface area (TPSA) is 46.5 Å². The molecule has 0 spiro atoms. The molecule has 17 heavy (non-hydrogen) atoms. The van der Waals surface area contributed by atoms with E-state index >= 15 is 0 Å². The molecule has 2 unspecified atom stereocenters. The van der Waals surface area contributed by atoms with Crippen molar-refractivity contribution < 1.29 is 14.6 Å². The van der Waals surface area contributed by atoms with Crippen molar-refractivity contribution in [3.63, 3.8) is 0 Å². The molecule has 0 radical (unpaired) electrons. The Labute approximate surface area is 113 Å². The van der Waals surface area contributed by atoms with Gasteiger partial charge < -0.3 is 9.84 Å². The standard InChI is InChI=1S/C12H12BrClO3/c13-10-4-3-7(14)6-9(10)11-8(12(15)16)2-1-5-17-11/h3-4,6,8,11H,1-2,5H2,(H,15,16). The number of hydrogen-bond acceptors (Lipinski definition) is 2. The van der Waals surface area contributed by atoms with E-state index in [-0.39, 0.29) is 0 Å². The normalized spacial score (nSPS) is 24.6. The summed E-state index contributed by atoms with van der Waals surface area (Å²) in [5.74, 6) is -1.32. The zero-order valence-electron chi connectivity index (χ0n) is 9.03. The molecule has 2 rings (SSSR count). The highest BCUT2D eigenvalue weighted by Gasteiger charge is 2.34. The Morgan fingerprint density at radius 1 is 1.53 bits per heavy atom. The minimum Gasteiger partial charge on any atom is -0.481 e. The van der Waals surface area contributed by atoms with Crippen molar-refractivity contribution in [3.8, 4) is 0 Å². The second-order valence-corrected chi connectivity index (χ2v) is 5.33. The first-order valence-electron chi connectivity index (χ1n) is 5.39. The van der Waals surface area contributed by atoms with Gasteiger partial charge in [0.2, 0.25) is 0 Å². The molecule has 0 amide bonds. The summed E-state index contributed by atoms with van der Waals surface area (Å²) in [5, 5.41) is 9.79. The second kappa shape index (κ2) is 5.38. The predicted molar refractivity (Wildman–Crippen MR) is 68.2 cm³/mol. The Balaban J connectivity index is 2.35. The molecule has 1 aliphatic heterocycles. The van der Waals surface area contributed by atoms with Crippen LogP contribution in [0.3, 0.4) is 0 Å². The summed E-state index contributed by atoms with van der Waals surface area (Å²) in [7, 11) is 0. The number of hydrogen-bond donors (Lipinski definition) is 1. The van der Waals surface area contributed by atoms with Crippen LogP contribution < -0.4 is 0 Å². The van der Waals surface area contributed by atoms with Gasteiger partial charge in [0, 0.05) is 16.1 Å². The van der Waals surface area contributed by atoms with Crippen LogP contribution in [-0.2, 0) is 9.53 Å². The molecule has 5 heteroatoms. The maximum absolute atomic E-state index is 11.2. The number of carboxylic acid groups (broad SMARTS) is 1. The molecule has 1 fully saturated rings. The number of ether oxygens (including phenoxy) is 1. The highest BCUT2D eigenvalue weighted by molar-refractivity contribution is 9.10. The Morgan fingerprint density at radius 2 is 2.29 bits per heavy atom. The van der Waals surface area contributed by atoms with Crippen LogP contribution in [0.15, 0.2) is 22.7 Å². The van der Waals surface area contributed by atoms with Crippen LogP contribution in [0.5, 0.6) is 0 Å². The molecule has 0 aliphatic carbocycles. The van der Waals surface area contributed by atoms with E-state index in [1.54, 1.807) is 12.1 Å². The monoisotopic (exact) mass is 318 g/mol. The maximum Gasteiger partial charge on any atom is 0.309 e. The SMILES string of the molecule is O=C(O)C1CCCOC1c1cc(Cl)ccc1Br. The van der Waals surface area contributed by atoms with Gasteiger partial charge >= 0.3 is 5.97 Å². The van der Waals surface area contributed by atoms with Crippen LogP contribution in [0.2, 0.25) is 5.02 Å². The van der Waals surface area contributed by atoms with Gasteiger partial charge in [0.15, 0.2) is 0 Å². The smallest absolute Gasteiger partial charge is 0.309 e. The molecule has 1 N–H and O–H groups in total. The predicted octanol–water partition coefficient (Wildman–Crippen LogP) is 3.65. The van der Waals surface area contributed by atoms with Crippen LogP contribution in [0, 0.1) is 5.92 Å². The zero-order valence-corrected chi connectivity index (χ0v) is 11.4. The number of carboxylic acids is 1. The van der Waals surface area contributed by atoms with E-state index in [0.29, 0.717) is 18.1 Å². The summed E-state index contributed by atoms with van der Waals surface area (Å²) in [6.07, 6.45) is 0.999. The first-order chi connectivity index (χ1) is 8.09. The summed E-state index contributed by atoms with van der Waals surface area (Å²) in [6.45, 7) is 0.591. The van der Waals surface area contributed by atoms with Crippen LogP contribution in [0.25, 0.3) is 0 Å². The number of carbonyl (C=O) groups is 1. The maximum atomic E-state index is 11.2. The van der Waals surface area contributed by atoms with Gasteiger partial charge in [-0.2, -0.15) is 0 Å². The molecule has 0 saturated carbocycles. The molecule has 0 aromatic heterocycles. The average Bonchev–Trinajstić information content (AvgIpc) is 2.32. The second-order valence-electron chi connectivity index (χ2n) is 4.04. The first kappa shape index (κ1) is 12.9. The fourth-order valence-corrected chi connectivity index (χ4v) is 2.73. The summed E-state index contributed by atoms with van der Waals surface area (Å²) in [6, 6.07) is 5.33. The van der Waals surface area contributed by atoms with Gasteiger partial charge in [0.05, 0.1) is 12.0 Å². The van der Waals surface area contributed by atoms with Crippen LogP contribution >= 0.6 is 27.5 Å². The molecule has 1 aromatic carbocycles. The highest BCUT2D eigenvalue weighted by atomic mass is 79.9. The largest absolute Gasteiger partial charge is 0.481 e. The lowest BCUT2D eigenvalue weighted by molar-refractivity contribution is -0.151. The molecule has 1 aromatic rings. The molecule has 3 nitrogen and oxygen atoms in total. The van der Waals surface area contributed by atoms with Crippen molar-refractivity contribution in [2.75, 3.05) is 6.61 Å². The van der Waals surface area contributed by atoms with E-state index in [9.17, 15) is 9.90 Å². The fraction of sp³-hybridized carbons (Fsp3) is 0.417. The third-order valence-corrected chi connectivity index (χ3v) is 3.86. The molecule has 1 saturated heterocycles. The van der Waals surface area contributed by atoms with Crippen molar-refractivity contribution in [3.05, 3.63) is 33.3 Å². The van der Waals surface area contributed by atoms with Gasteiger partial charge in [0.25, 0.3) is 0 Å². The van der Waals surface area contributed by atoms with Crippen molar-refractivity contribution in [2.24, 2.45) is 5.92 Å². The number of rotatable bonds is 2. The van der Waals surface area contributed by atoms with Crippen molar-refractivity contribution >= 4 is 33.5 Å². The van der Waals surface area contributed by atoms with Crippen LogP contribution in [-0.4, -0.2) is 17.7 Å². The molecular weight excluding hydrogens is 307 g/mol. The van der Waals surface area contributed by atoms with Gasteiger partial charge in [-0.3, -0.25) is 4.79 Å². The van der Waals surface area contributed by atoms with Crippen LogP contribution in [0.4, 0.5) is 0 Å². The Morgan fingerprint density at radius 3 is 3.00 bits per heavy atom. The van der Waals surface area contributed by atoms with Gasteiger partial charge in [0.1, 0.15) is 0 Å². The number of aliphatic carboxylic acids is 1. The van der Waals surface area contributed by atoms with E-state index in [1.165, 1.54) is 0 Å². The quantitative estimate of drug-likeness (QED) is 0.905. The average molecular weight is 320 g/mol. The lowest BCUT2D eigenvalue weighted by Crippen LogP contribution is -2.29. The number of benzene rings is 1. The summed E-state index contributed by atoms with van der Waals surface area (Å²) in [4.78, 5) is 11.2. The zero-order chi connectivity index (χ0) is 12.4. The van der Waals surface area contributed by atoms with E-state index in [0.717, 1.165) is 16.5 Å². The molecular formula is C12H12BrClO3. The minimum atomic E-state index is -0.818. The third-order valence-electron chi connectivity index (χ3n) is 2.90. The van der Waals surface area contributed by atoms with E-state index < -0.39 is 18.0 Å². The summed E-state index contributed by atoms with van der Waals surface area (Å²) in [5.41, 5.74) is 0.810. The van der Waals surface area contributed by atoms with Crippen molar-refractivity contribution in [1.29, 1.82) is 0 Å². The fourth-order valence-electron chi connectivity index (χ4n) is 2.07. The highest BCUT2D eigenvalue weighted by Crippen LogP contribution is 2.38. The molecule has 92 valence electrons. The van der Waals surface area contributed by atoms with Crippen molar-refractivity contribution in [2.45, 2.75) is 18.9 Å². The van der Waals surface area contributed by atoms with E-state index in [4.69, 9.17) is 16.3 Å². The van der Waals surface area contributed by atoms with Gasteiger partial charge in [-0.1, -0.05) is 27.5 Å². The lowest BCUT2D eigenvalue weighted by atomic mass is 9.89. The Bertz CT molecular complexity index is 436. The number of halogens is 2. The Hall–Kier alpha value is -0.580. The minimum absolute atomic E-state index is 0.422. The third kappa shape index (κ3) is 2.81. The molecule has 2 atom stereocenters. The van der Waals surface area contributed by atoms with E-state index in [1.807, 2.05) is 6.07 Å². The molecule has 1 heterocycles. The lowest BCUT2D eigenvalue weighted by Gasteiger charge is -2.30. The summed E-state index contributed by atoms with van der Waals surface area (Å²) < 4.78 is 6.44. The summed E-state index contributed by atoms with van der Waals surface area (Å²) >= 11 is 9.35. The van der Waals surface area contributed by atoms with Gasteiger partial charge in [-0.25, -0.2) is 0 Å². The molecule has 1 aliphatic rings. The van der Waals surface area contributed by atoms with Gasteiger partial charge in [-0.15, -0.1) is 0 Å². The molecule has 0 bridgehead atoms. The Kier molecular flexibility index (Phi) is 4.07. The van der Waals surface area contributed by atoms with Gasteiger partial charge in [-0.05, 0) is 36.6 Å². The van der Waals surface area contributed by atoms with Crippen LogP contribution in [0.1, 0.15) is 24.5 Å². The first-order valence-corrected chi connectivity index (χ1v) is 6.56. The van der Waals surface area contributed by atoms with E-state index in [2.05, 4.69) is 15.9 Å². The van der Waals surface area contributed by atoms with Crippen molar-refractivity contribution in [1.82, 2.24) is 0 Å².